The molecule has 176 valence electrons. The third kappa shape index (κ3) is 5.73. The number of aryl methyl sites for hydroxylation is 1. The molecule has 0 aliphatic carbocycles. The van der Waals surface area contributed by atoms with Gasteiger partial charge in [0.1, 0.15) is 17.2 Å². The van der Waals surface area contributed by atoms with Crippen LogP contribution >= 0.6 is 12.2 Å². The van der Waals surface area contributed by atoms with E-state index in [0.717, 1.165) is 27.9 Å². The first-order chi connectivity index (χ1) is 16.8. The number of benzene rings is 3. The number of thiocarbonyl (C=S) groups is 1. The van der Waals surface area contributed by atoms with Gasteiger partial charge in [0.2, 0.25) is 9.76 Å². The maximum Gasteiger partial charge on any atom is 0.237 e. The lowest BCUT2D eigenvalue weighted by Crippen LogP contribution is -2.36. The summed E-state index contributed by atoms with van der Waals surface area (Å²) in [6, 6.07) is 29.2. The van der Waals surface area contributed by atoms with Gasteiger partial charge in [-0.15, -0.1) is 0 Å². The van der Waals surface area contributed by atoms with Gasteiger partial charge in [-0.25, -0.2) is 9.97 Å². The van der Waals surface area contributed by atoms with Gasteiger partial charge in [0.25, 0.3) is 0 Å². The average Bonchev–Trinajstić information content (AvgIpc) is 2.86. The van der Waals surface area contributed by atoms with Crippen molar-refractivity contribution >= 4 is 38.9 Å². The predicted octanol–water partition coefficient (Wildman–Crippen LogP) is 7.02. The Kier molecular flexibility index (Phi) is 7.55. The lowest BCUT2D eigenvalue weighted by molar-refractivity contribution is 0.157. The molecule has 1 N–H and O–H groups in total. The summed E-state index contributed by atoms with van der Waals surface area (Å²) in [6.07, 6.45) is 1.74. The topological polar surface area (TPSA) is 47.0 Å². The number of nitrogens with one attached hydrogen (secondary N) is 1. The zero-order valence-corrected chi connectivity index (χ0v) is 22.3. The molecule has 0 fully saturated rings. The van der Waals surface area contributed by atoms with E-state index in [2.05, 4.69) is 96.7 Å². The number of hydrogen-bond acceptors (Lipinski definition) is 5. The van der Waals surface area contributed by atoms with Crippen LogP contribution in [0.5, 0.6) is 0 Å². The van der Waals surface area contributed by atoms with Crippen LogP contribution in [0.1, 0.15) is 48.8 Å². The van der Waals surface area contributed by atoms with Gasteiger partial charge in [-0.05, 0) is 40.8 Å². The van der Waals surface area contributed by atoms with Crippen LogP contribution in [0, 0.1) is 6.92 Å². The second-order valence-electron chi connectivity index (χ2n) is 9.41. The number of nitrogens with zero attached hydrogens (tertiary/aromatic N) is 2. The summed E-state index contributed by atoms with van der Waals surface area (Å²) in [5, 5.41) is 5.06. The molecule has 6 heteroatoms. The molecule has 0 aliphatic rings. The van der Waals surface area contributed by atoms with Crippen molar-refractivity contribution in [3.63, 3.8) is 0 Å². The van der Waals surface area contributed by atoms with Crippen LogP contribution in [0.25, 0.3) is 0 Å². The van der Waals surface area contributed by atoms with Gasteiger partial charge in [-0.2, -0.15) is 0 Å². The van der Waals surface area contributed by atoms with E-state index in [1.807, 2.05) is 31.2 Å². The molecule has 0 unspecified atom stereocenters. The molecule has 2 radical (unpaired) electrons. The van der Waals surface area contributed by atoms with E-state index in [1.54, 1.807) is 11.6 Å². The summed E-state index contributed by atoms with van der Waals surface area (Å²) in [5.41, 5.74) is 4.10. The molecule has 0 spiro atoms. The van der Waals surface area contributed by atoms with Crippen LogP contribution in [0.3, 0.4) is 0 Å². The lowest BCUT2D eigenvalue weighted by Gasteiger charge is -2.38. The summed E-state index contributed by atoms with van der Waals surface area (Å²) in [7, 11) is 0.276. The Labute approximate surface area is 215 Å². The van der Waals surface area contributed by atoms with Gasteiger partial charge < -0.3 is 9.74 Å². The van der Waals surface area contributed by atoms with Crippen molar-refractivity contribution in [3.8, 4) is 0 Å². The number of rotatable bonds is 8. The molecule has 3 aromatic carbocycles. The summed E-state index contributed by atoms with van der Waals surface area (Å²) >= 11 is 5.18. The van der Waals surface area contributed by atoms with Crippen molar-refractivity contribution in [2.75, 3.05) is 5.32 Å². The molecule has 1 aromatic heterocycles. The minimum absolute atomic E-state index is 0.0113. The molecular weight excluding hydrogens is 466 g/mol. The quantitative estimate of drug-likeness (QED) is 0.162. The summed E-state index contributed by atoms with van der Waals surface area (Å²) in [4.78, 5) is 8.83. The third-order valence-electron chi connectivity index (χ3n) is 5.47. The van der Waals surface area contributed by atoms with Gasteiger partial charge in [-0.1, -0.05) is 106 Å². The first-order valence-corrected chi connectivity index (χ1v) is 12.9. The Bertz CT molecular complexity index is 1250. The zero-order valence-electron chi connectivity index (χ0n) is 20.4. The number of anilines is 2. The van der Waals surface area contributed by atoms with Crippen molar-refractivity contribution in [3.05, 3.63) is 119 Å². The molecule has 0 aliphatic heterocycles. The Morgan fingerprint density at radius 2 is 1.46 bits per heavy atom. The monoisotopic (exact) mass is 495 g/mol. The summed E-state index contributed by atoms with van der Waals surface area (Å²) in [6.45, 7) is 8.48. The zero-order chi connectivity index (χ0) is 24.9. The molecule has 4 nitrogen and oxygen atoms in total. The van der Waals surface area contributed by atoms with E-state index in [1.165, 1.54) is 0 Å². The highest BCUT2D eigenvalue weighted by molar-refractivity contribution is 7.79. The largest absolute Gasteiger partial charge is 0.400 e. The van der Waals surface area contributed by atoms with Gasteiger partial charge in [0.15, 0.2) is 0 Å². The van der Waals surface area contributed by atoms with Gasteiger partial charge in [0, 0.05) is 22.8 Å². The Hall–Kier alpha value is -3.19. The lowest BCUT2D eigenvalue weighted by atomic mass is 9.80. The van der Waals surface area contributed by atoms with Gasteiger partial charge >= 0.3 is 0 Å². The predicted molar refractivity (Wildman–Crippen MR) is 149 cm³/mol. The van der Waals surface area contributed by atoms with Crippen molar-refractivity contribution in [1.82, 2.24) is 9.97 Å². The molecule has 0 bridgehead atoms. The fourth-order valence-corrected chi connectivity index (χ4v) is 4.86. The van der Waals surface area contributed by atoms with E-state index in [-0.39, 0.29) is 14.8 Å². The van der Waals surface area contributed by atoms with E-state index in [9.17, 15) is 0 Å². The number of aromatic nitrogens is 2. The SMILES string of the molecule is Cc1ncc(C=S)c(Nc2cccc(C(O[Si]C(C)(C)C)(c3ccccc3)c3ccccc3)c2)n1. The fourth-order valence-electron chi connectivity index (χ4n) is 3.87. The number of hydrogen-bond donors (Lipinski definition) is 1. The Morgan fingerprint density at radius 3 is 2.03 bits per heavy atom. The van der Waals surface area contributed by atoms with Crippen LogP contribution in [-0.4, -0.2) is 25.1 Å². The first kappa shape index (κ1) is 24.9. The highest BCUT2D eigenvalue weighted by Gasteiger charge is 2.39. The van der Waals surface area contributed by atoms with Crippen molar-refractivity contribution in [2.24, 2.45) is 0 Å². The minimum Gasteiger partial charge on any atom is -0.400 e. The van der Waals surface area contributed by atoms with E-state index < -0.39 is 5.60 Å². The highest BCUT2D eigenvalue weighted by atomic mass is 32.1. The van der Waals surface area contributed by atoms with E-state index >= 15 is 0 Å². The second-order valence-corrected chi connectivity index (χ2v) is 11.6. The van der Waals surface area contributed by atoms with Crippen molar-refractivity contribution < 1.29 is 4.43 Å². The second kappa shape index (κ2) is 10.6. The molecule has 1 heterocycles. The third-order valence-corrected chi connectivity index (χ3v) is 6.74. The molecule has 4 rings (SSSR count). The maximum atomic E-state index is 6.97. The minimum atomic E-state index is -0.777. The Morgan fingerprint density at radius 1 is 0.857 bits per heavy atom. The standard InChI is InChI=1S/C29H29N3OSSi/c1-21-30-19-22(20-34)27(31-21)32-26-17-11-16-25(18-26)29(33-35-28(2,3)4,23-12-7-5-8-13-23)24-14-9-6-10-15-24/h5-20H,1-4H3,(H,30,31,32). The van der Waals surface area contributed by atoms with Crippen LogP contribution in [0.2, 0.25) is 5.04 Å². The highest BCUT2D eigenvalue weighted by Crippen LogP contribution is 2.42. The Balaban J connectivity index is 1.88. The fraction of sp³-hybridized carbons (Fsp3) is 0.207. The molecular formula is C29H29N3OSSi. The van der Waals surface area contributed by atoms with Crippen molar-refractivity contribution in [1.29, 1.82) is 0 Å². The molecule has 0 saturated heterocycles. The van der Waals surface area contributed by atoms with Crippen molar-refractivity contribution in [2.45, 2.75) is 38.3 Å². The van der Waals surface area contributed by atoms with Gasteiger partial charge in [0.05, 0.1) is 0 Å². The van der Waals surface area contributed by atoms with E-state index in [0.29, 0.717) is 11.6 Å². The molecule has 35 heavy (non-hydrogen) atoms. The van der Waals surface area contributed by atoms with Crippen LogP contribution < -0.4 is 5.32 Å². The smallest absolute Gasteiger partial charge is 0.237 e. The summed E-state index contributed by atoms with van der Waals surface area (Å²) < 4.78 is 6.97. The molecule has 0 atom stereocenters. The molecule has 0 saturated carbocycles. The van der Waals surface area contributed by atoms with Crippen LogP contribution in [0.15, 0.2) is 91.1 Å². The van der Waals surface area contributed by atoms with Gasteiger partial charge in [-0.3, -0.25) is 0 Å². The normalized spacial score (nSPS) is 11.8. The molecule has 0 amide bonds. The van der Waals surface area contributed by atoms with E-state index in [4.69, 9.17) is 16.6 Å². The maximum absolute atomic E-state index is 6.97. The molecule has 4 aromatic rings. The average molecular weight is 496 g/mol. The summed E-state index contributed by atoms with van der Waals surface area (Å²) in [5.74, 6) is 1.37. The first-order valence-electron chi connectivity index (χ1n) is 11.5. The van der Waals surface area contributed by atoms with Crippen LogP contribution in [0.4, 0.5) is 11.5 Å². The van der Waals surface area contributed by atoms with Crippen LogP contribution in [-0.2, 0) is 10.0 Å².